The lowest BCUT2D eigenvalue weighted by atomic mass is 10.1. The zero-order chi connectivity index (χ0) is 22.6. The van der Waals surface area contributed by atoms with Crippen LogP contribution in [0.4, 0.5) is 0 Å². The van der Waals surface area contributed by atoms with Gasteiger partial charge in [0.05, 0.1) is 31.9 Å². The molecule has 0 radical (unpaired) electrons. The van der Waals surface area contributed by atoms with E-state index in [1.165, 1.54) is 14.2 Å². The summed E-state index contributed by atoms with van der Waals surface area (Å²) in [5.41, 5.74) is 2.22. The Balaban J connectivity index is 2.65. The molecule has 1 aromatic carbocycles. The number of rotatable bonds is 15. The molecule has 1 atom stereocenters. The fourth-order valence-corrected chi connectivity index (χ4v) is 5.64. The SMILES string of the molecule is COP(=O)(CCCc1ccc(COP(OCCC#N)N(C(C)C)C(C)C)cc1)OC. The number of aryl methyl sites for hydroxylation is 1. The van der Waals surface area contributed by atoms with Crippen LogP contribution >= 0.6 is 16.1 Å². The van der Waals surface area contributed by atoms with Gasteiger partial charge in [0.2, 0.25) is 0 Å². The number of hydrogen-bond donors (Lipinski definition) is 0. The second-order valence-electron chi connectivity index (χ2n) is 7.44. The maximum atomic E-state index is 12.1. The van der Waals surface area contributed by atoms with Crippen molar-refractivity contribution in [2.75, 3.05) is 27.0 Å². The molecule has 0 aliphatic carbocycles. The summed E-state index contributed by atoms with van der Waals surface area (Å²) in [4.78, 5) is 0. The highest BCUT2D eigenvalue weighted by Crippen LogP contribution is 2.47. The smallest absolute Gasteiger partial charge is 0.321 e. The van der Waals surface area contributed by atoms with Gasteiger partial charge in [-0.25, -0.2) is 4.67 Å². The molecule has 30 heavy (non-hydrogen) atoms. The maximum Gasteiger partial charge on any atom is 0.330 e. The van der Waals surface area contributed by atoms with E-state index in [1.54, 1.807) is 0 Å². The highest BCUT2D eigenvalue weighted by Gasteiger charge is 2.27. The van der Waals surface area contributed by atoms with Gasteiger partial charge >= 0.3 is 7.60 Å². The first-order valence-corrected chi connectivity index (χ1v) is 13.1. The second kappa shape index (κ2) is 14.3. The highest BCUT2D eigenvalue weighted by atomic mass is 31.2. The Labute approximate surface area is 183 Å². The predicted octanol–water partition coefficient (Wildman–Crippen LogP) is 5.90. The molecule has 0 aliphatic rings. The van der Waals surface area contributed by atoms with E-state index in [-0.39, 0.29) is 12.1 Å². The van der Waals surface area contributed by atoms with Gasteiger partial charge in [-0.2, -0.15) is 5.26 Å². The van der Waals surface area contributed by atoms with Crippen LogP contribution in [0.3, 0.4) is 0 Å². The molecule has 7 nitrogen and oxygen atoms in total. The van der Waals surface area contributed by atoms with Gasteiger partial charge < -0.3 is 18.1 Å². The van der Waals surface area contributed by atoms with Crippen LogP contribution in [0.2, 0.25) is 0 Å². The minimum atomic E-state index is -2.94. The monoisotopic (exact) mass is 458 g/mol. The lowest BCUT2D eigenvalue weighted by molar-refractivity contribution is 0.171. The van der Waals surface area contributed by atoms with E-state index in [2.05, 4.69) is 50.6 Å². The normalized spacial score (nSPS) is 13.2. The number of benzene rings is 1. The molecule has 0 spiro atoms. The van der Waals surface area contributed by atoms with Gasteiger partial charge in [0.1, 0.15) is 0 Å². The van der Waals surface area contributed by atoms with Gasteiger partial charge in [0, 0.05) is 26.3 Å². The summed E-state index contributed by atoms with van der Waals surface area (Å²) in [6, 6.07) is 10.9. The number of nitrogens with zero attached hydrogens (tertiary/aromatic N) is 2. The van der Waals surface area contributed by atoms with Gasteiger partial charge in [-0.1, -0.05) is 24.3 Å². The van der Waals surface area contributed by atoms with Gasteiger partial charge in [-0.3, -0.25) is 4.57 Å². The maximum absolute atomic E-state index is 12.1. The predicted molar refractivity (Wildman–Crippen MR) is 121 cm³/mol. The van der Waals surface area contributed by atoms with E-state index in [1.807, 2.05) is 12.1 Å². The third kappa shape index (κ3) is 9.54. The Morgan fingerprint density at radius 1 is 1.03 bits per heavy atom. The van der Waals surface area contributed by atoms with Crippen LogP contribution in [-0.2, 0) is 35.7 Å². The molecule has 0 saturated carbocycles. The van der Waals surface area contributed by atoms with Crippen LogP contribution in [-0.4, -0.2) is 43.7 Å². The van der Waals surface area contributed by atoms with E-state index in [9.17, 15) is 4.57 Å². The van der Waals surface area contributed by atoms with Gasteiger partial charge in [0.25, 0.3) is 8.53 Å². The zero-order valence-corrected chi connectivity index (χ0v) is 20.8. The summed E-state index contributed by atoms with van der Waals surface area (Å²) in [6.45, 7) is 9.28. The van der Waals surface area contributed by atoms with Gasteiger partial charge in [0.15, 0.2) is 0 Å². The third-order valence-corrected chi connectivity index (χ3v) is 8.51. The Morgan fingerprint density at radius 3 is 2.10 bits per heavy atom. The lowest BCUT2D eigenvalue weighted by Gasteiger charge is -2.35. The molecule has 1 aromatic rings. The summed E-state index contributed by atoms with van der Waals surface area (Å²) in [7, 11) is -1.36. The Hall–Kier alpha value is -0.830. The van der Waals surface area contributed by atoms with E-state index in [0.717, 1.165) is 24.0 Å². The summed E-state index contributed by atoms with van der Waals surface area (Å²) < 4.78 is 36.3. The van der Waals surface area contributed by atoms with Gasteiger partial charge in [-0.15, -0.1) is 0 Å². The third-order valence-electron chi connectivity index (χ3n) is 4.48. The standard InChI is InChI=1S/C21H36N2O5P2/c1-18(2)23(19(3)4)29(27-15-8-14-22)28-17-21-12-10-20(11-13-21)9-7-16-30(24,25-5)26-6/h10-13,18-19H,7-9,15-17H2,1-6H3. The van der Waals surface area contributed by atoms with Crippen molar-refractivity contribution < 1.29 is 22.7 Å². The van der Waals surface area contributed by atoms with Crippen LogP contribution in [0.5, 0.6) is 0 Å². The van der Waals surface area contributed by atoms with E-state index in [0.29, 0.717) is 25.8 Å². The van der Waals surface area contributed by atoms with Crippen LogP contribution in [0.25, 0.3) is 0 Å². The molecule has 0 fully saturated rings. The molecule has 1 unspecified atom stereocenters. The lowest BCUT2D eigenvalue weighted by Crippen LogP contribution is -2.33. The van der Waals surface area contributed by atoms with E-state index < -0.39 is 16.1 Å². The Morgan fingerprint density at radius 2 is 1.60 bits per heavy atom. The summed E-state index contributed by atoms with van der Waals surface area (Å²) in [5.74, 6) is 0. The summed E-state index contributed by atoms with van der Waals surface area (Å²) >= 11 is 0. The molecule has 170 valence electrons. The fourth-order valence-electron chi connectivity index (χ4n) is 2.98. The Bertz CT molecular complexity index is 676. The summed E-state index contributed by atoms with van der Waals surface area (Å²) in [5, 5.41) is 8.80. The number of hydrogen-bond acceptors (Lipinski definition) is 7. The van der Waals surface area contributed by atoms with Crippen LogP contribution in [0.15, 0.2) is 24.3 Å². The Kier molecular flexibility index (Phi) is 12.9. The van der Waals surface area contributed by atoms with Crippen LogP contribution in [0.1, 0.15) is 51.7 Å². The first kappa shape index (κ1) is 27.2. The van der Waals surface area contributed by atoms with Crippen molar-refractivity contribution in [3.8, 4) is 6.07 Å². The minimum Gasteiger partial charge on any atom is -0.321 e. The molecule has 9 heteroatoms. The topological polar surface area (TPSA) is 81.0 Å². The van der Waals surface area contributed by atoms with Crippen molar-refractivity contribution in [3.63, 3.8) is 0 Å². The molecular weight excluding hydrogens is 422 g/mol. The van der Waals surface area contributed by atoms with Crippen molar-refractivity contribution in [2.45, 2.75) is 65.6 Å². The van der Waals surface area contributed by atoms with Crippen LogP contribution < -0.4 is 0 Å². The molecule has 0 N–H and O–H groups in total. The number of nitriles is 1. The molecule has 0 heterocycles. The van der Waals surface area contributed by atoms with Gasteiger partial charge in [-0.05, 0) is 51.7 Å². The largest absolute Gasteiger partial charge is 0.330 e. The van der Waals surface area contributed by atoms with Crippen molar-refractivity contribution in [2.24, 2.45) is 0 Å². The first-order valence-electron chi connectivity index (χ1n) is 10.3. The molecule has 0 saturated heterocycles. The zero-order valence-electron chi connectivity index (χ0n) is 19.0. The highest BCUT2D eigenvalue weighted by molar-refractivity contribution is 7.53. The van der Waals surface area contributed by atoms with Crippen molar-refractivity contribution in [3.05, 3.63) is 35.4 Å². The first-order chi connectivity index (χ1) is 14.3. The summed E-state index contributed by atoms with van der Waals surface area (Å²) in [6.07, 6.45) is 2.27. The minimum absolute atomic E-state index is 0.274. The molecule has 0 aromatic heterocycles. The van der Waals surface area contributed by atoms with Crippen LogP contribution in [0, 0.1) is 11.3 Å². The average molecular weight is 458 g/mol. The van der Waals surface area contributed by atoms with Crippen molar-refractivity contribution in [1.29, 1.82) is 5.26 Å². The average Bonchev–Trinajstić information content (AvgIpc) is 2.72. The molecule has 0 bridgehead atoms. The van der Waals surface area contributed by atoms with E-state index in [4.69, 9.17) is 23.4 Å². The second-order valence-corrected chi connectivity index (χ2v) is 11.3. The van der Waals surface area contributed by atoms with E-state index >= 15 is 0 Å². The molecular formula is C21H36N2O5P2. The molecule has 0 aliphatic heterocycles. The molecule has 0 amide bonds. The molecule has 1 rings (SSSR count). The van der Waals surface area contributed by atoms with Crippen molar-refractivity contribution in [1.82, 2.24) is 4.67 Å². The van der Waals surface area contributed by atoms with Crippen molar-refractivity contribution >= 4 is 16.1 Å². The quantitative estimate of drug-likeness (QED) is 0.239. The fraction of sp³-hybridized carbons (Fsp3) is 0.667.